The molecular weight excluding hydrogens is 280 g/mol. The van der Waals surface area contributed by atoms with Gasteiger partial charge in [0.25, 0.3) is 0 Å². The Hall–Kier alpha value is -0.580. The number of benzene rings is 1. The van der Waals surface area contributed by atoms with Crippen LogP contribution in [0.15, 0.2) is 22.7 Å². The third-order valence-electron chi connectivity index (χ3n) is 3.23. The second-order valence-electron chi connectivity index (χ2n) is 4.44. The summed E-state index contributed by atoms with van der Waals surface area (Å²) in [6.45, 7) is 2.61. The van der Waals surface area contributed by atoms with Crippen molar-refractivity contribution >= 4 is 21.6 Å². The van der Waals surface area contributed by atoms with E-state index in [0.29, 0.717) is 6.04 Å². The Morgan fingerprint density at radius 2 is 2.35 bits per heavy atom. The van der Waals surface area contributed by atoms with E-state index in [4.69, 9.17) is 4.74 Å². The molecule has 4 heteroatoms. The molecule has 1 atom stereocenters. The van der Waals surface area contributed by atoms with Gasteiger partial charge in [0.05, 0.1) is 18.3 Å². The standard InChI is InChI=1S/C13H19BrN2O/c1-15-8-10-3-4-13(12(14)7-10)16(2)11-5-6-17-9-11/h3-4,7,11,15H,5-6,8-9H2,1-2H3. The molecule has 1 fully saturated rings. The third-order valence-corrected chi connectivity index (χ3v) is 3.86. The summed E-state index contributed by atoms with van der Waals surface area (Å²) in [5.74, 6) is 0. The fraction of sp³-hybridized carbons (Fsp3) is 0.538. The highest BCUT2D eigenvalue weighted by atomic mass is 79.9. The molecule has 0 aliphatic carbocycles. The number of ether oxygens (including phenoxy) is 1. The summed E-state index contributed by atoms with van der Waals surface area (Å²) in [6.07, 6.45) is 1.11. The Kier molecular flexibility index (Phi) is 4.42. The fourth-order valence-corrected chi connectivity index (χ4v) is 2.88. The van der Waals surface area contributed by atoms with Crippen LogP contribution in [0.5, 0.6) is 0 Å². The summed E-state index contributed by atoms with van der Waals surface area (Å²) in [6, 6.07) is 7.03. The van der Waals surface area contributed by atoms with Crippen molar-refractivity contribution in [2.24, 2.45) is 0 Å². The van der Waals surface area contributed by atoms with Crippen molar-refractivity contribution in [3.05, 3.63) is 28.2 Å². The maximum atomic E-state index is 5.43. The van der Waals surface area contributed by atoms with Gasteiger partial charge in [0.15, 0.2) is 0 Å². The van der Waals surface area contributed by atoms with Crippen molar-refractivity contribution in [2.45, 2.75) is 19.0 Å². The molecule has 0 bridgehead atoms. The molecule has 1 unspecified atom stereocenters. The molecule has 0 saturated carbocycles. The highest BCUT2D eigenvalue weighted by Crippen LogP contribution is 2.29. The minimum Gasteiger partial charge on any atom is -0.379 e. The zero-order chi connectivity index (χ0) is 12.3. The van der Waals surface area contributed by atoms with Crippen LogP contribution in [0, 0.1) is 0 Å². The number of nitrogens with zero attached hydrogens (tertiary/aromatic N) is 1. The van der Waals surface area contributed by atoms with Gasteiger partial charge < -0.3 is 15.0 Å². The van der Waals surface area contributed by atoms with E-state index in [-0.39, 0.29) is 0 Å². The molecule has 2 rings (SSSR count). The molecule has 0 aromatic heterocycles. The fourth-order valence-electron chi connectivity index (χ4n) is 2.17. The molecule has 0 spiro atoms. The molecule has 17 heavy (non-hydrogen) atoms. The third kappa shape index (κ3) is 3.00. The minimum absolute atomic E-state index is 0.501. The molecule has 1 aromatic carbocycles. The van der Waals surface area contributed by atoms with Crippen molar-refractivity contribution in [3.8, 4) is 0 Å². The van der Waals surface area contributed by atoms with Crippen molar-refractivity contribution in [1.82, 2.24) is 5.32 Å². The first-order valence-electron chi connectivity index (χ1n) is 5.96. The van der Waals surface area contributed by atoms with E-state index >= 15 is 0 Å². The number of nitrogens with one attached hydrogen (secondary N) is 1. The molecule has 94 valence electrons. The maximum absolute atomic E-state index is 5.43. The molecule has 0 radical (unpaired) electrons. The van der Waals surface area contributed by atoms with Crippen molar-refractivity contribution < 1.29 is 4.74 Å². The van der Waals surface area contributed by atoms with Crippen molar-refractivity contribution in [1.29, 1.82) is 0 Å². The molecule has 1 N–H and O–H groups in total. The van der Waals surface area contributed by atoms with Crippen LogP contribution >= 0.6 is 15.9 Å². The van der Waals surface area contributed by atoms with Crippen LogP contribution in [0.25, 0.3) is 0 Å². The number of hydrogen-bond acceptors (Lipinski definition) is 3. The van der Waals surface area contributed by atoms with Gasteiger partial charge in [-0.3, -0.25) is 0 Å². The zero-order valence-electron chi connectivity index (χ0n) is 10.4. The summed E-state index contributed by atoms with van der Waals surface area (Å²) in [4.78, 5) is 2.31. The van der Waals surface area contributed by atoms with Crippen LogP contribution in [-0.2, 0) is 11.3 Å². The quantitative estimate of drug-likeness (QED) is 0.924. The van der Waals surface area contributed by atoms with Gasteiger partial charge in [-0.15, -0.1) is 0 Å². The van der Waals surface area contributed by atoms with E-state index in [1.807, 2.05) is 7.05 Å². The number of hydrogen-bond donors (Lipinski definition) is 1. The average molecular weight is 299 g/mol. The van der Waals surface area contributed by atoms with E-state index in [0.717, 1.165) is 30.7 Å². The number of rotatable bonds is 4. The Balaban J connectivity index is 2.14. The van der Waals surface area contributed by atoms with Crippen LogP contribution in [0.2, 0.25) is 0 Å². The van der Waals surface area contributed by atoms with Crippen LogP contribution in [0.3, 0.4) is 0 Å². The monoisotopic (exact) mass is 298 g/mol. The molecule has 1 aromatic rings. The molecule has 1 aliphatic heterocycles. The Labute approximate surface area is 111 Å². The largest absolute Gasteiger partial charge is 0.379 e. The molecule has 1 heterocycles. The van der Waals surface area contributed by atoms with Gasteiger partial charge in [0.2, 0.25) is 0 Å². The van der Waals surface area contributed by atoms with Gasteiger partial charge in [-0.05, 0) is 47.1 Å². The maximum Gasteiger partial charge on any atom is 0.0670 e. The number of likely N-dealkylation sites (N-methyl/N-ethyl adjacent to an activating group) is 1. The number of anilines is 1. The first-order valence-corrected chi connectivity index (χ1v) is 6.75. The molecule has 1 aliphatic rings. The van der Waals surface area contributed by atoms with Gasteiger partial charge in [-0.1, -0.05) is 6.07 Å². The van der Waals surface area contributed by atoms with Crippen molar-refractivity contribution in [2.75, 3.05) is 32.2 Å². The number of halogens is 1. The summed E-state index contributed by atoms with van der Waals surface area (Å²) in [5, 5.41) is 3.16. The van der Waals surface area contributed by atoms with E-state index in [1.54, 1.807) is 0 Å². The van der Waals surface area contributed by atoms with Gasteiger partial charge >= 0.3 is 0 Å². The van der Waals surface area contributed by atoms with E-state index in [9.17, 15) is 0 Å². The van der Waals surface area contributed by atoms with Crippen LogP contribution in [-0.4, -0.2) is 33.4 Å². The molecule has 1 saturated heterocycles. The second kappa shape index (κ2) is 5.85. The highest BCUT2D eigenvalue weighted by Gasteiger charge is 2.21. The second-order valence-corrected chi connectivity index (χ2v) is 5.30. The minimum atomic E-state index is 0.501. The van der Waals surface area contributed by atoms with E-state index in [1.165, 1.54) is 11.3 Å². The summed E-state index contributed by atoms with van der Waals surface area (Å²) in [5.41, 5.74) is 2.53. The van der Waals surface area contributed by atoms with Crippen molar-refractivity contribution in [3.63, 3.8) is 0 Å². The topological polar surface area (TPSA) is 24.5 Å². The lowest BCUT2D eigenvalue weighted by Crippen LogP contribution is -2.32. The molecular formula is C13H19BrN2O. The van der Waals surface area contributed by atoms with Gasteiger partial charge in [-0.2, -0.15) is 0 Å². The Morgan fingerprint density at radius 3 is 2.94 bits per heavy atom. The van der Waals surface area contributed by atoms with Crippen LogP contribution in [0.4, 0.5) is 5.69 Å². The molecule has 0 amide bonds. The first kappa shape index (κ1) is 12.9. The Morgan fingerprint density at radius 1 is 1.53 bits per heavy atom. The lowest BCUT2D eigenvalue weighted by molar-refractivity contribution is 0.193. The van der Waals surface area contributed by atoms with Gasteiger partial charge in [0.1, 0.15) is 0 Å². The molecule has 3 nitrogen and oxygen atoms in total. The predicted molar refractivity (Wildman–Crippen MR) is 74.5 cm³/mol. The van der Waals surface area contributed by atoms with Gasteiger partial charge in [0, 0.05) is 24.7 Å². The van der Waals surface area contributed by atoms with E-state index < -0.39 is 0 Å². The zero-order valence-corrected chi connectivity index (χ0v) is 12.0. The van der Waals surface area contributed by atoms with Crippen LogP contribution < -0.4 is 10.2 Å². The summed E-state index contributed by atoms with van der Waals surface area (Å²) in [7, 11) is 4.10. The lowest BCUT2D eigenvalue weighted by Gasteiger charge is -2.26. The summed E-state index contributed by atoms with van der Waals surface area (Å²) < 4.78 is 6.59. The smallest absolute Gasteiger partial charge is 0.0670 e. The van der Waals surface area contributed by atoms with Gasteiger partial charge in [-0.25, -0.2) is 0 Å². The normalized spacial score (nSPS) is 19.6. The highest BCUT2D eigenvalue weighted by molar-refractivity contribution is 9.10. The van der Waals surface area contributed by atoms with Crippen LogP contribution in [0.1, 0.15) is 12.0 Å². The average Bonchev–Trinajstić information content (AvgIpc) is 2.82. The first-order chi connectivity index (χ1) is 8.22. The lowest BCUT2D eigenvalue weighted by atomic mass is 10.1. The Bertz CT molecular complexity index is 378. The van der Waals surface area contributed by atoms with E-state index in [2.05, 4.69) is 51.4 Å². The predicted octanol–water partition coefficient (Wildman–Crippen LogP) is 2.39. The summed E-state index contributed by atoms with van der Waals surface area (Å²) >= 11 is 3.65. The SMILES string of the molecule is CNCc1ccc(N(C)C2CCOC2)c(Br)c1.